The molecule has 0 spiro atoms. The van der Waals surface area contributed by atoms with Crippen LogP contribution < -0.4 is 5.32 Å². The van der Waals surface area contributed by atoms with Crippen LogP contribution in [0.5, 0.6) is 0 Å². The van der Waals surface area contributed by atoms with Crippen LogP contribution in [0.25, 0.3) is 0 Å². The van der Waals surface area contributed by atoms with E-state index in [1.807, 2.05) is 35.9 Å². The fourth-order valence-electron chi connectivity index (χ4n) is 2.40. The molecule has 2 heterocycles. The number of aliphatic hydroxyl groups excluding tert-OH is 1. The summed E-state index contributed by atoms with van der Waals surface area (Å²) in [6, 6.07) is 5.60. The second kappa shape index (κ2) is 4.92. The molecular weight excluding hydrogens is 272 g/mol. The quantitative estimate of drug-likeness (QED) is 0.892. The molecule has 2 amide bonds. The minimum absolute atomic E-state index is 0.0977. The van der Waals surface area contributed by atoms with E-state index in [0.717, 1.165) is 27.9 Å². The lowest BCUT2D eigenvalue weighted by molar-refractivity contribution is 0.217. The lowest BCUT2D eigenvalue weighted by Gasteiger charge is -2.26. The van der Waals surface area contributed by atoms with Gasteiger partial charge in [-0.25, -0.2) is 4.79 Å². The van der Waals surface area contributed by atoms with Crippen molar-refractivity contribution in [2.24, 2.45) is 0 Å². The van der Waals surface area contributed by atoms with Gasteiger partial charge in [0.2, 0.25) is 0 Å². The molecule has 4 nitrogen and oxygen atoms in total. The van der Waals surface area contributed by atoms with E-state index < -0.39 is 6.10 Å². The highest BCUT2D eigenvalue weighted by Gasteiger charge is 2.21. The molecule has 1 aliphatic rings. The van der Waals surface area contributed by atoms with Gasteiger partial charge in [-0.15, -0.1) is 0 Å². The number of rotatable bonds is 2. The molecule has 0 fully saturated rings. The molecule has 1 aromatic carbocycles. The molecule has 0 saturated heterocycles. The van der Waals surface area contributed by atoms with Crippen LogP contribution in [0, 0.1) is 6.92 Å². The normalized spacial score (nSPS) is 15.8. The third-order valence-corrected chi connectivity index (χ3v) is 4.51. The zero-order chi connectivity index (χ0) is 14.3. The Labute approximate surface area is 121 Å². The number of anilines is 1. The van der Waals surface area contributed by atoms with Crippen molar-refractivity contribution in [2.75, 3.05) is 12.4 Å². The lowest BCUT2D eigenvalue weighted by atomic mass is 9.98. The zero-order valence-electron chi connectivity index (χ0n) is 11.4. The summed E-state index contributed by atoms with van der Waals surface area (Å²) in [7, 11) is 1.75. The molecule has 104 valence electrons. The van der Waals surface area contributed by atoms with Crippen LogP contribution in [-0.2, 0) is 6.54 Å². The summed E-state index contributed by atoms with van der Waals surface area (Å²) in [5.41, 5.74) is 4.76. The van der Waals surface area contributed by atoms with Crippen molar-refractivity contribution < 1.29 is 9.90 Å². The van der Waals surface area contributed by atoms with Crippen molar-refractivity contribution in [1.82, 2.24) is 4.90 Å². The summed E-state index contributed by atoms with van der Waals surface area (Å²) in [6.07, 6.45) is -0.616. The number of amides is 2. The topological polar surface area (TPSA) is 52.6 Å². The Bertz CT molecular complexity index is 666. The van der Waals surface area contributed by atoms with Gasteiger partial charge in [-0.05, 0) is 52.1 Å². The monoisotopic (exact) mass is 288 g/mol. The van der Waals surface area contributed by atoms with Crippen molar-refractivity contribution in [3.05, 3.63) is 51.2 Å². The van der Waals surface area contributed by atoms with Gasteiger partial charge in [-0.1, -0.05) is 6.07 Å². The third kappa shape index (κ3) is 2.19. The van der Waals surface area contributed by atoms with Crippen LogP contribution in [0.1, 0.15) is 28.4 Å². The number of benzene rings is 1. The van der Waals surface area contributed by atoms with Gasteiger partial charge in [-0.3, -0.25) is 0 Å². The van der Waals surface area contributed by atoms with Gasteiger partial charge in [0, 0.05) is 19.3 Å². The van der Waals surface area contributed by atoms with Crippen LogP contribution in [0.4, 0.5) is 10.5 Å². The van der Waals surface area contributed by atoms with Gasteiger partial charge in [0.25, 0.3) is 0 Å². The first kappa shape index (κ1) is 13.1. The Hall–Kier alpha value is -1.85. The predicted molar refractivity (Wildman–Crippen MR) is 80.0 cm³/mol. The molecule has 1 aromatic heterocycles. The predicted octanol–water partition coefficient (Wildman–Crippen LogP) is 3.12. The first-order chi connectivity index (χ1) is 9.56. The number of nitrogens with zero attached hydrogens (tertiary/aromatic N) is 1. The second-order valence-electron chi connectivity index (χ2n) is 5.12. The SMILES string of the molecule is Cc1cscc1C(O)c1ccc2c(c1)CN(C)C(=O)N2. The molecular formula is C15H16N2O2S. The fourth-order valence-corrected chi connectivity index (χ4v) is 3.27. The Morgan fingerprint density at radius 1 is 1.40 bits per heavy atom. The largest absolute Gasteiger partial charge is 0.384 e. The molecule has 1 aliphatic heterocycles. The van der Waals surface area contributed by atoms with Crippen molar-refractivity contribution >= 4 is 23.1 Å². The summed E-state index contributed by atoms with van der Waals surface area (Å²) in [6.45, 7) is 2.56. The highest BCUT2D eigenvalue weighted by atomic mass is 32.1. The Kier molecular flexibility index (Phi) is 3.23. The smallest absolute Gasteiger partial charge is 0.321 e. The molecule has 5 heteroatoms. The Morgan fingerprint density at radius 3 is 2.90 bits per heavy atom. The van der Waals surface area contributed by atoms with E-state index in [2.05, 4.69) is 5.32 Å². The van der Waals surface area contributed by atoms with Crippen molar-refractivity contribution in [2.45, 2.75) is 19.6 Å². The summed E-state index contributed by atoms with van der Waals surface area (Å²) in [4.78, 5) is 13.2. The third-order valence-electron chi connectivity index (χ3n) is 3.63. The number of urea groups is 1. The Balaban J connectivity index is 1.95. The minimum Gasteiger partial charge on any atom is -0.384 e. The van der Waals surface area contributed by atoms with E-state index in [1.165, 1.54) is 0 Å². The van der Waals surface area contributed by atoms with E-state index in [4.69, 9.17) is 0 Å². The number of hydrogen-bond donors (Lipinski definition) is 2. The summed E-state index contributed by atoms with van der Waals surface area (Å²) in [5.74, 6) is 0. The second-order valence-corrected chi connectivity index (χ2v) is 5.86. The van der Waals surface area contributed by atoms with Gasteiger partial charge in [-0.2, -0.15) is 11.3 Å². The lowest BCUT2D eigenvalue weighted by Crippen LogP contribution is -2.35. The minimum atomic E-state index is -0.616. The number of nitrogens with one attached hydrogen (secondary N) is 1. The van der Waals surface area contributed by atoms with Crippen LogP contribution in [-0.4, -0.2) is 23.1 Å². The highest BCUT2D eigenvalue weighted by Crippen LogP contribution is 2.31. The van der Waals surface area contributed by atoms with Crippen LogP contribution >= 0.6 is 11.3 Å². The molecule has 2 N–H and O–H groups in total. The highest BCUT2D eigenvalue weighted by molar-refractivity contribution is 7.08. The number of aliphatic hydroxyl groups is 1. The number of hydrogen-bond acceptors (Lipinski definition) is 3. The number of thiophene rings is 1. The molecule has 20 heavy (non-hydrogen) atoms. The zero-order valence-corrected chi connectivity index (χ0v) is 12.2. The summed E-state index contributed by atoms with van der Waals surface area (Å²) >= 11 is 1.59. The maximum Gasteiger partial charge on any atom is 0.321 e. The number of fused-ring (bicyclic) bond motifs is 1. The van der Waals surface area contributed by atoms with E-state index in [0.29, 0.717) is 6.54 Å². The molecule has 0 aliphatic carbocycles. The van der Waals surface area contributed by atoms with E-state index in [9.17, 15) is 9.90 Å². The number of carbonyl (C=O) groups excluding carboxylic acids is 1. The van der Waals surface area contributed by atoms with Crippen molar-refractivity contribution in [3.63, 3.8) is 0 Å². The van der Waals surface area contributed by atoms with Crippen molar-refractivity contribution in [1.29, 1.82) is 0 Å². The maximum atomic E-state index is 11.6. The summed E-state index contributed by atoms with van der Waals surface area (Å²) < 4.78 is 0. The van der Waals surface area contributed by atoms with Crippen LogP contribution in [0.3, 0.4) is 0 Å². The van der Waals surface area contributed by atoms with Crippen LogP contribution in [0.15, 0.2) is 29.0 Å². The molecule has 1 atom stereocenters. The average Bonchev–Trinajstić information content (AvgIpc) is 2.85. The Morgan fingerprint density at radius 2 is 2.20 bits per heavy atom. The van der Waals surface area contributed by atoms with Gasteiger partial charge in [0.05, 0.1) is 0 Å². The van der Waals surface area contributed by atoms with Crippen molar-refractivity contribution in [3.8, 4) is 0 Å². The standard InChI is InChI=1S/C15H16N2O2S/c1-9-7-20-8-12(9)14(18)10-3-4-13-11(5-10)6-17(2)15(19)16-13/h3-5,7-8,14,18H,6H2,1-2H3,(H,16,19). The van der Waals surface area contributed by atoms with Gasteiger partial charge in [0.15, 0.2) is 0 Å². The van der Waals surface area contributed by atoms with E-state index in [1.54, 1.807) is 23.3 Å². The molecule has 2 aromatic rings. The van der Waals surface area contributed by atoms with Gasteiger partial charge < -0.3 is 15.3 Å². The first-order valence-electron chi connectivity index (χ1n) is 6.42. The first-order valence-corrected chi connectivity index (χ1v) is 7.36. The van der Waals surface area contributed by atoms with E-state index >= 15 is 0 Å². The molecule has 0 radical (unpaired) electrons. The molecule has 0 saturated carbocycles. The number of aryl methyl sites for hydroxylation is 1. The van der Waals surface area contributed by atoms with Gasteiger partial charge >= 0.3 is 6.03 Å². The molecule has 0 bridgehead atoms. The van der Waals surface area contributed by atoms with E-state index in [-0.39, 0.29) is 6.03 Å². The molecule has 3 rings (SSSR count). The fraction of sp³-hybridized carbons (Fsp3) is 0.267. The number of carbonyl (C=O) groups is 1. The van der Waals surface area contributed by atoms with Gasteiger partial charge in [0.1, 0.15) is 6.10 Å². The molecule has 1 unspecified atom stereocenters. The summed E-state index contributed by atoms with van der Waals surface area (Å²) in [5, 5.41) is 17.3. The average molecular weight is 288 g/mol. The van der Waals surface area contributed by atoms with Crippen LogP contribution in [0.2, 0.25) is 0 Å². The maximum absolute atomic E-state index is 11.6.